The van der Waals surface area contributed by atoms with Gasteiger partial charge >= 0.3 is 5.97 Å². The fourth-order valence-corrected chi connectivity index (χ4v) is 5.22. The third kappa shape index (κ3) is 8.87. The molecule has 2 unspecified atom stereocenters. The van der Waals surface area contributed by atoms with Crippen molar-refractivity contribution in [1.82, 2.24) is 4.90 Å². The molecule has 4 rings (SSSR count). The fourth-order valence-electron chi connectivity index (χ4n) is 5.22. The summed E-state index contributed by atoms with van der Waals surface area (Å²) in [7, 11) is 1.64. The summed E-state index contributed by atoms with van der Waals surface area (Å²) in [5.41, 5.74) is 2.57. The lowest BCUT2D eigenvalue weighted by molar-refractivity contribution is -0.166. The quantitative estimate of drug-likeness (QED) is 0.156. The second-order valence-corrected chi connectivity index (χ2v) is 10.8. The highest BCUT2D eigenvalue weighted by Gasteiger charge is 2.34. The number of hydrogen-bond acceptors (Lipinski definition) is 4. The molecular formula is C35H41NO5. The molecule has 0 aliphatic rings. The van der Waals surface area contributed by atoms with E-state index in [0.29, 0.717) is 13.0 Å². The third-order valence-corrected chi connectivity index (χ3v) is 7.65. The van der Waals surface area contributed by atoms with Gasteiger partial charge in [0.05, 0.1) is 0 Å². The summed E-state index contributed by atoms with van der Waals surface area (Å²) in [6, 6.07) is 29.6. The molecule has 0 fully saturated rings. The lowest BCUT2D eigenvalue weighted by atomic mass is 10.0. The van der Waals surface area contributed by atoms with E-state index in [2.05, 4.69) is 60.7 Å². The van der Waals surface area contributed by atoms with Crippen molar-refractivity contribution in [1.29, 1.82) is 0 Å². The van der Waals surface area contributed by atoms with Gasteiger partial charge in [-0.05, 0) is 71.2 Å². The zero-order chi connectivity index (χ0) is 29.0. The molecule has 1 amide bonds. The number of rotatable bonds is 16. The number of benzene rings is 4. The Balaban J connectivity index is 1.16. The second kappa shape index (κ2) is 15.3. The van der Waals surface area contributed by atoms with Crippen LogP contribution in [-0.2, 0) is 27.2 Å². The minimum Gasteiger partial charge on any atom is -0.479 e. The van der Waals surface area contributed by atoms with Gasteiger partial charge in [0.2, 0.25) is 0 Å². The number of aliphatic carboxylic acids is 1. The monoisotopic (exact) mass is 555 g/mol. The zero-order valence-corrected chi connectivity index (χ0v) is 23.9. The molecule has 0 bridgehead atoms. The molecule has 41 heavy (non-hydrogen) atoms. The number of ether oxygens (including phenoxy) is 1. The highest BCUT2D eigenvalue weighted by molar-refractivity contribution is 5.88. The van der Waals surface area contributed by atoms with Gasteiger partial charge in [0.1, 0.15) is 0 Å². The number of nitrogens with zero attached hydrogens (tertiary/aromatic N) is 1. The van der Waals surface area contributed by atoms with E-state index in [-0.39, 0.29) is 6.61 Å². The van der Waals surface area contributed by atoms with Crippen molar-refractivity contribution < 1.29 is 24.5 Å². The summed E-state index contributed by atoms with van der Waals surface area (Å²) in [5, 5.41) is 24.5. The fraction of sp³-hybridized carbons (Fsp3) is 0.371. The Morgan fingerprint density at radius 1 is 0.707 bits per heavy atom. The Bertz CT molecular complexity index is 1430. The average molecular weight is 556 g/mol. The van der Waals surface area contributed by atoms with E-state index in [4.69, 9.17) is 4.74 Å². The lowest BCUT2D eigenvalue weighted by Gasteiger charge is -2.25. The van der Waals surface area contributed by atoms with Gasteiger partial charge < -0.3 is 19.8 Å². The maximum absolute atomic E-state index is 13.0. The first-order valence-electron chi connectivity index (χ1n) is 14.7. The number of fused-ring (bicyclic) bond motifs is 2. The van der Waals surface area contributed by atoms with Crippen LogP contribution in [0.4, 0.5) is 0 Å². The van der Waals surface area contributed by atoms with Gasteiger partial charge in [0, 0.05) is 20.2 Å². The maximum atomic E-state index is 13.0. The number of amides is 1. The van der Waals surface area contributed by atoms with Crippen LogP contribution in [0.2, 0.25) is 0 Å². The molecule has 216 valence electrons. The molecule has 0 saturated carbocycles. The van der Waals surface area contributed by atoms with E-state index in [0.717, 1.165) is 44.9 Å². The molecule has 2 N–H and O–H groups in total. The van der Waals surface area contributed by atoms with Crippen LogP contribution in [0.5, 0.6) is 0 Å². The molecule has 4 aromatic rings. The smallest absolute Gasteiger partial charge is 0.335 e. The van der Waals surface area contributed by atoms with Crippen LogP contribution in [-0.4, -0.2) is 59.4 Å². The third-order valence-electron chi connectivity index (χ3n) is 7.65. The van der Waals surface area contributed by atoms with Crippen LogP contribution < -0.4 is 0 Å². The summed E-state index contributed by atoms with van der Waals surface area (Å²) in [6.45, 7) is 0.701. The predicted molar refractivity (Wildman–Crippen MR) is 164 cm³/mol. The number of aryl methyl sites for hydroxylation is 2. The second-order valence-electron chi connectivity index (χ2n) is 10.8. The Hall–Kier alpha value is -3.74. The molecule has 0 spiro atoms. The van der Waals surface area contributed by atoms with E-state index in [1.165, 1.54) is 37.6 Å². The normalized spacial score (nSPS) is 12.8. The molecule has 0 saturated heterocycles. The van der Waals surface area contributed by atoms with Crippen LogP contribution in [0.15, 0.2) is 84.9 Å². The van der Waals surface area contributed by atoms with Gasteiger partial charge in [-0.2, -0.15) is 0 Å². The number of hydrogen-bond donors (Lipinski definition) is 2. The summed E-state index contributed by atoms with van der Waals surface area (Å²) in [6.07, 6.45) is 3.85. The number of unbranched alkanes of at least 4 members (excludes halogenated alkanes) is 4. The van der Waals surface area contributed by atoms with Crippen LogP contribution in [0.3, 0.4) is 0 Å². The molecule has 0 aliphatic heterocycles. The molecule has 0 heterocycles. The van der Waals surface area contributed by atoms with E-state index in [9.17, 15) is 19.8 Å². The predicted octanol–water partition coefficient (Wildman–Crippen LogP) is 6.41. The van der Waals surface area contributed by atoms with Crippen molar-refractivity contribution in [3.8, 4) is 0 Å². The SMILES string of the molecule is CN(CCCCCc1ccc2ccccc2c1)C(=O)C(OCCCCCc1ccc2ccccc2c1)C(O)C(=O)O. The summed E-state index contributed by atoms with van der Waals surface area (Å²) < 4.78 is 5.66. The molecule has 6 nitrogen and oxygen atoms in total. The molecular weight excluding hydrogens is 514 g/mol. The van der Waals surface area contributed by atoms with Gasteiger partial charge in [-0.1, -0.05) is 97.8 Å². The van der Waals surface area contributed by atoms with E-state index in [1.54, 1.807) is 7.05 Å². The first-order valence-corrected chi connectivity index (χ1v) is 14.7. The Morgan fingerprint density at radius 3 is 1.76 bits per heavy atom. The van der Waals surface area contributed by atoms with Gasteiger partial charge in [0.15, 0.2) is 12.2 Å². The van der Waals surface area contributed by atoms with Crippen LogP contribution in [0.25, 0.3) is 21.5 Å². The highest BCUT2D eigenvalue weighted by Crippen LogP contribution is 2.19. The minimum absolute atomic E-state index is 0.220. The van der Waals surface area contributed by atoms with Crippen LogP contribution in [0, 0.1) is 0 Å². The standard InChI is InChI=1S/C35H41NO5/c1-36(22-10-2-4-12-26-18-20-28-14-6-8-16-30(28)24-26)34(38)33(32(37)35(39)40)41-23-11-3-5-13-27-19-21-29-15-7-9-17-31(29)25-27/h6-9,14-21,24-25,32-33,37H,2-5,10-13,22-23H2,1H3,(H,39,40). The van der Waals surface area contributed by atoms with E-state index < -0.39 is 24.1 Å². The lowest BCUT2D eigenvalue weighted by Crippen LogP contribution is -2.48. The van der Waals surface area contributed by atoms with Gasteiger partial charge in [-0.25, -0.2) is 4.79 Å². The van der Waals surface area contributed by atoms with Crippen molar-refractivity contribution in [3.05, 3.63) is 96.1 Å². The average Bonchev–Trinajstić information content (AvgIpc) is 2.99. The van der Waals surface area contributed by atoms with E-state index >= 15 is 0 Å². The molecule has 4 aromatic carbocycles. The first-order chi connectivity index (χ1) is 19.9. The summed E-state index contributed by atoms with van der Waals surface area (Å²) in [5.74, 6) is -1.95. The number of carboxylic acid groups (broad SMARTS) is 1. The number of aliphatic hydroxyl groups excluding tert-OH is 1. The Morgan fingerprint density at radius 2 is 1.22 bits per heavy atom. The van der Waals surface area contributed by atoms with Gasteiger partial charge in [-0.15, -0.1) is 0 Å². The Labute approximate surface area is 242 Å². The maximum Gasteiger partial charge on any atom is 0.335 e. The van der Waals surface area contributed by atoms with Crippen molar-refractivity contribution in [2.45, 2.75) is 63.6 Å². The summed E-state index contributed by atoms with van der Waals surface area (Å²) >= 11 is 0. The Kier molecular flexibility index (Phi) is 11.3. The first kappa shape index (κ1) is 30.2. The highest BCUT2D eigenvalue weighted by atomic mass is 16.5. The van der Waals surface area contributed by atoms with Gasteiger partial charge in [-0.3, -0.25) is 4.79 Å². The zero-order valence-electron chi connectivity index (χ0n) is 23.9. The number of carbonyl (C=O) groups excluding carboxylic acids is 1. The van der Waals surface area contributed by atoms with Gasteiger partial charge in [0.25, 0.3) is 5.91 Å². The van der Waals surface area contributed by atoms with Crippen molar-refractivity contribution >= 4 is 33.4 Å². The van der Waals surface area contributed by atoms with E-state index in [1.807, 2.05) is 24.3 Å². The van der Waals surface area contributed by atoms with Crippen LogP contribution in [0.1, 0.15) is 49.7 Å². The van der Waals surface area contributed by atoms with Crippen LogP contribution >= 0.6 is 0 Å². The number of carboxylic acids is 1. The molecule has 0 aromatic heterocycles. The van der Waals surface area contributed by atoms with Crippen molar-refractivity contribution in [2.75, 3.05) is 20.2 Å². The molecule has 6 heteroatoms. The minimum atomic E-state index is -1.89. The topological polar surface area (TPSA) is 87.1 Å². The molecule has 2 atom stereocenters. The molecule has 0 aliphatic carbocycles. The number of likely N-dealkylation sites (N-methyl/N-ethyl adjacent to an activating group) is 1. The molecule has 0 radical (unpaired) electrons. The largest absolute Gasteiger partial charge is 0.479 e. The number of carbonyl (C=O) groups is 2. The number of aliphatic hydroxyl groups is 1. The van der Waals surface area contributed by atoms with Crippen molar-refractivity contribution in [3.63, 3.8) is 0 Å². The summed E-state index contributed by atoms with van der Waals surface area (Å²) in [4.78, 5) is 25.9. The van der Waals surface area contributed by atoms with Crippen molar-refractivity contribution in [2.24, 2.45) is 0 Å².